The van der Waals surface area contributed by atoms with Crippen LogP contribution in [-0.4, -0.2) is 38.2 Å². The summed E-state index contributed by atoms with van der Waals surface area (Å²) in [5, 5.41) is 2.59. The molecule has 7 heteroatoms. The minimum absolute atomic E-state index is 0.191. The molecule has 7 nitrogen and oxygen atoms in total. The number of hydrogen-bond acceptors (Lipinski definition) is 5. The first-order chi connectivity index (χ1) is 12.2. The zero-order valence-electron chi connectivity index (χ0n) is 13.5. The number of ether oxygens (including phenoxy) is 1. The lowest BCUT2D eigenvalue weighted by Crippen LogP contribution is -2.35. The molecule has 0 atom stereocenters. The van der Waals surface area contributed by atoms with Crippen molar-refractivity contribution in [3.63, 3.8) is 0 Å². The van der Waals surface area contributed by atoms with Crippen molar-refractivity contribution >= 4 is 29.6 Å². The van der Waals surface area contributed by atoms with Gasteiger partial charge in [0, 0.05) is 25.2 Å². The monoisotopic (exact) mass is 339 g/mol. The Morgan fingerprint density at radius 2 is 1.76 bits per heavy atom. The summed E-state index contributed by atoms with van der Waals surface area (Å²) in [4.78, 5) is 27.9. The molecule has 0 aliphatic carbocycles. The van der Waals surface area contributed by atoms with E-state index in [9.17, 15) is 9.59 Å². The number of carbonyl (C=O) groups is 2. The quantitative estimate of drug-likeness (QED) is 0.685. The third kappa shape index (κ3) is 3.01. The van der Waals surface area contributed by atoms with Gasteiger partial charge in [-0.1, -0.05) is 18.2 Å². The van der Waals surface area contributed by atoms with E-state index < -0.39 is 11.9 Å². The van der Waals surface area contributed by atoms with E-state index in [1.165, 1.54) is 0 Å². The zero-order chi connectivity index (χ0) is 17.2. The average Bonchev–Trinajstić information content (AvgIpc) is 3.22. The predicted molar refractivity (Wildman–Crippen MR) is 92.2 cm³/mol. The summed E-state index contributed by atoms with van der Waals surface area (Å²) < 4.78 is 11.1. The van der Waals surface area contributed by atoms with Gasteiger partial charge in [-0.3, -0.25) is 4.79 Å². The summed E-state index contributed by atoms with van der Waals surface area (Å²) in [5.41, 5.74) is 0.721. The van der Waals surface area contributed by atoms with Gasteiger partial charge in [0.15, 0.2) is 5.88 Å². The van der Waals surface area contributed by atoms with Crippen LogP contribution in [0.2, 0.25) is 0 Å². The highest BCUT2D eigenvalue weighted by Crippen LogP contribution is 2.24. The topological polar surface area (TPSA) is 75.0 Å². The van der Waals surface area contributed by atoms with Gasteiger partial charge in [0.25, 0.3) is 5.91 Å². The number of furan rings is 1. The predicted octanol–water partition coefficient (Wildman–Crippen LogP) is 2.21. The molecule has 0 saturated carbocycles. The molecule has 3 amide bonds. The molecule has 4 rings (SSSR count). The molecule has 0 unspecified atom stereocenters. The number of imide groups is 1. The Bertz CT molecular complexity index is 822. The third-order valence-corrected chi connectivity index (χ3v) is 4.11. The second-order valence-corrected chi connectivity index (χ2v) is 5.74. The Morgan fingerprint density at radius 3 is 2.52 bits per heavy atom. The Kier molecular flexibility index (Phi) is 3.99. The smallest absolute Gasteiger partial charge is 0.333 e. The van der Waals surface area contributed by atoms with Gasteiger partial charge in [-0.05, 0) is 18.2 Å². The minimum atomic E-state index is -0.470. The average molecular weight is 339 g/mol. The summed E-state index contributed by atoms with van der Waals surface area (Å²) in [7, 11) is 0. The maximum Gasteiger partial charge on any atom is 0.333 e. The van der Waals surface area contributed by atoms with E-state index in [4.69, 9.17) is 9.15 Å². The van der Waals surface area contributed by atoms with Gasteiger partial charge in [-0.15, -0.1) is 0 Å². The Balaban J connectivity index is 1.55. The lowest BCUT2D eigenvalue weighted by atomic mass is 10.3. The lowest BCUT2D eigenvalue weighted by molar-refractivity contribution is -0.113. The van der Waals surface area contributed by atoms with Crippen LogP contribution in [0.3, 0.4) is 0 Å². The van der Waals surface area contributed by atoms with Crippen molar-refractivity contribution in [3.8, 4) is 0 Å². The molecule has 0 bridgehead atoms. The van der Waals surface area contributed by atoms with E-state index in [1.54, 1.807) is 36.4 Å². The molecule has 3 heterocycles. The van der Waals surface area contributed by atoms with Gasteiger partial charge in [0.05, 0.1) is 18.9 Å². The van der Waals surface area contributed by atoms with Crippen molar-refractivity contribution in [2.45, 2.75) is 0 Å². The molecule has 1 aromatic heterocycles. The van der Waals surface area contributed by atoms with Crippen LogP contribution >= 0.6 is 0 Å². The summed E-state index contributed by atoms with van der Waals surface area (Å²) in [5.74, 6) is 0.840. The third-order valence-electron chi connectivity index (χ3n) is 4.11. The molecule has 1 N–H and O–H groups in total. The van der Waals surface area contributed by atoms with Gasteiger partial charge in [0.1, 0.15) is 11.5 Å². The number of nitrogens with zero attached hydrogens (tertiary/aromatic N) is 2. The van der Waals surface area contributed by atoms with E-state index in [0.717, 1.165) is 23.9 Å². The normalized spacial score (nSPS) is 19.6. The SMILES string of the molecule is O=C1N/C(=C\c2ccc(N3CCOCC3)o2)C(=O)N1c1ccccc1. The van der Waals surface area contributed by atoms with Crippen molar-refractivity contribution in [2.75, 3.05) is 36.1 Å². The number of benzene rings is 1. The summed E-state index contributed by atoms with van der Waals surface area (Å²) in [6, 6.07) is 12.0. The van der Waals surface area contributed by atoms with Crippen molar-refractivity contribution < 1.29 is 18.7 Å². The number of carbonyl (C=O) groups excluding carboxylic acids is 2. The van der Waals surface area contributed by atoms with Crippen LogP contribution in [0.1, 0.15) is 5.76 Å². The van der Waals surface area contributed by atoms with Gasteiger partial charge >= 0.3 is 6.03 Å². The second kappa shape index (κ2) is 6.45. The molecule has 25 heavy (non-hydrogen) atoms. The highest BCUT2D eigenvalue weighted by molar-refractivity contribution is 6.28. The van der Waals surface area contributed by atoms with Crippen LogP contribution in [0.4, 0.5) is 16.4 Å². The standard InChI is InChI=1S/C18H17N3O4/c22-17-15(19-18(23)21(17)13-4-2-1-3-5-13)12-14-6-7-16(25-14)20-8-10-24-11-9-20/h1-7,12H,8-11H2,(H,19,23)/b15-12-. The Hall–Kier alpha value is -3.06. The number of amides is 3. The summed E-state index contributed by atoms with van der Waals surface area (Å²) >= 11 is 0. The molecule has 0 spiro atoms. The fourth-order valence-corrected chi connectivity index (χ4v) is 2.86. The van der Waals surface area contributed by atoms with Crippen molar-refractivity contribution in [3.05, 3.63) is 53.9 Å². The van der Waals surface area contributed by atoms with Crippen LogP contribution in [0.25, 0.3) is 6.08 Å². The highest BCUT2D eigenvalue weighted by atomic mass is 16.5. The number of anilines is 2. The Morgan fingerprint density at radius 1 is 1.00 bits per heavy atom. The van der Waals surface area contributed by atoms with E-state index in [2.05, 4.69) is 10.2 Å². The molecule has 2 saturated heterocycles. The van der Waals surface area contributed by atoms with Crippen LogP contribution in [0.15, 0.2) is 52.6 Å². The molecule has 2 fully saturated rings. The summed E-state index contributed by atoms with van der Waals surface area (Å²) in [6.07, 6.45) is 1.55. The van der Waals surface area contributed by atoms with Crippen LogP contribution in [0, 0.1) is 0 Å². The van der Waals surface area contributed by atoms with Gasteiger partial charge < -0.3 is 19.4 Å². The van der Waals surface area contributed by atoms with Crippen molar-refractivity contribution in [1.29, 1.82) is 0 Å². The molecule has 1 aromatic carbocycles. The maximum absolute atomic E-state index is 12.5. The zero-order valence-corrected chi connectivity index (χ0v) is 13.5. The number of hydrogen-bond donors (Lipinski definition) is 1. The van der Waals surface area contributed by atoms with E-state index in [1.807, 2.05) is 12.1 Å². The molecule has 2 aromatic rings. The number of nitrogens with one attached hydrogen (secondary N) is 1. The number of para-hydroxylation sites is 1. The van der Waals surface area contributed by atoms with Crippen molar-refractivity contribution in [1.82, 2.24) is 5.32 Å². The first kappa shape index (κ1) is 15.5. The van der Waals surface area contributed by atoms with E-state index in [0.29, 0.717) is 24.7 Å². The fourth-order valence-electron chi connectivity index (χ4n) is 2.86. The van der Waals surface area contributed by atoms with Gasteiger partial charge in [-0.25, -0.2) is 9.69 Å². The summed E-state index contributed by atoms with van der Waals surface area (Å²) in [6.45, 7) is 2.86. The molecular weight excluding hydrogens is 322 g/mol. The molecule has 128 valence electrons. The van der Waals surface area contributed by atoms with Crippen LogP contribution in [-0.2, 0) is 9.53 Å². The number of morpholine rings is 1. The number of rotatable bonds is 3. The molecule has 2 aliphatic rings. The van der Waals surface area contributed by atoms with Crippen LogP contribution < -0.4 is 15.1 Å². The first-order valence-corrected chi connectivity index (χ1v) is 8.07. The molecule has 0 radical (unpaired) electrons. The van der Waals surface area contributed by atoms with Crippen LogP contribution in [0.5, 0.6) is 0 Å². The second-order valence-electron chi connectivity index (χ2n) is 5.74. The number of urea groups is 1. The van der Waals surface area contributed by atoms with Gasteiger partial charge in [-0.2, -0.15) is 0 Å². The largest absolute Gasteiger partial charge is 0.441 e. The first-order valence-electron chi connectivity index (χ1n) is 8.07. The van der Waals surface area contributed by atoms with Crippen molar-refractivity contribution in [2.24, 2.45) is 0 Å². The highest BCUT2D eigenvalue weighted by Gasteiger charge is 2.35. The van der Waals surface area contributed by atoms with E-state index in [-0.39, 0.29) is 5.70 Å². The minimum Gasteiger partial charge on any atom is -0.441 e. The Labute approximate surface area is 144 Å². The van der Waals surface area contributed by atoms with E-state index >= 15 is 0 Å². The molecular formula is C18H17N3O4. The lowest BCUT2D eigenvalue weighted by Gasteiger charge is -2.26. The molecule has 2 aliphatic heterocycles. The fraction of sp³-hybridized carbons (Fsp3) is 0.222. The van der Waals surface area contributed by atoms with Gasteiger partial charge in [0.2, 0.25) is 0 Å². The maximum atomic E-state index is 12.5.